The highest BCUT2D eigenvalue weighted by atomic mass is 127. The maximum absolute atomic E-state index is 10.7. The molecule has 0 amide bonds. The minimum Gasteiger partial charge on any atom is -0.383 e. The first-order chi connectivity index (χ1) is 11.1. The van der Waals surface area contributed by atoms with Gasteiger partial charge in [0.05, 0.1) is 12.7 Å². The van der Waals surface area contributed by atoms with Crippen LogP contribution in [0.3, 0.4) is 0 Å². The minimum absolute atomic E-state index is 0. The Morgan fingerprint density at radius 3 is 2.44 bits per heavy atom. The molecule has 3 N–H and O–H groups in total. The fraction of sp³-hybridized carbons (Fsp3) is 0.778. The number of guanidine groups is 1. The number of halogens is 1. The van der Waals surface area contributed by atoms with Crippen molar-refractivity contribution in [3.8, 4) is 0 Å². The van der Waals surface area contributed by atoms with Gasteiger partial charge in [-0.25, -0.2) is 0 Å². The van der Waals surface area contributed by atoms with E-state index in [2.05, 4.69) is 43.4 Å². The van der Waals surface area contributed by atoms with E-state index in [9.17, 15) is 5.11 Å². The van der Waals surface area contributed by atoms with Crippen molar-refractivity contribution in [3.63, 3.8) is 0 Å². The second-order valence-corrected chi connectivity index (χ2v) is 7.99. The van der Waals surface area contributed by atoms with Gasteiger partial charge in [-0.15, -0.1) is 24.0 Å². The van der Waals surface area contributed by atoms with Gasteiger partial charge in [-0.05, 0) is 31.6 Å². The lowest BCUT2D eigenvalue weighted by atomic mass is 9.84. The summed E-state index contributed by atoms with van der Waals surface area (Å²) in [5, 5.41) is 21.3. The number of aliphatic imine (C=N–C) groups is 1. The Labute approximate surface area is 169 Å². The molecule has 0 radical (unpaired) electrons. The van der Waals surface area contributed by atoms with Crippen molar-refractivity contribution < 1.29 is 5.11 Å². The molecule has 7 heteroatoms. The molecule has 1 aromatic heterocycles. The maximum Gasteiger partial charge on any atom is 0.191 e. The van der Waals surface area contributed by atoms with Gasteiger partial charge in [-0.3, -0.25) is 9.67 Å². The number of rotatable bonds is 8. The SMILES string of the molecule is CCNC(=NCC(C)(C)CC(C)C)NCC(C)(O)c1cnn(C)c1.I. The molecule has 146 valence electrons. The first-order valence-corrected chi connectivity index (χ1v) is 8.79. The Kier molecular flexibility index (Phi) is 10.0. The highest BCUT2D eigenvalue weighted by Gasteiger charge is 2.25. The molecule has 0 spiro atoms. The van der Waals surface area contributed by atoms with Gasteiger partial charge < -0.3 is 15.7 Å². The molecular weight excluding hydrogens is 429 g/mol. The smallest absolute Gasteiger partial charge is 0.191 e. The number of hydrogen-bond acceptors (Lipinski definition) is 3. The zero-order chi connectivity index (χ0) is 18.4. The largest absolute Gasteiger partial charge is 0.383 e. The zero-order valence-electron chi connectivity index (χ0n) is 16.8. The van der Waals surface area contributed by atoms with Crippen molar-refractivity contribution in [2.45, 2.75) is 53.6 Å². The first kappa shape index (κ1) is 24.2. The van der Waals surface area contributed by atoms with Crippen LogP contribution in [-0.4, -0.2) is 40.5 Å². The fourth-order valence-electron chi connectivity index (χ4n) is 2.86. The standard InChI is InChI=1S/C18H35N5O.HI/c1-8-19-16(20-12-17(4,5)9-14(2)3)21-13-18(6,24)15-10-22-23(7)11-15;/h10-11,14,24H,8-9,12-13H2,1-7H3,(H2,19,20,21);1H. The quantitative estimate of drug-likeness (QED) is 0.314. The lowest BCUT2D eigenvalue weighted by molar-refractivity contribution is 0.0616. The molecular formula is C18H36IN5O. The van der Waals surface area contributed by atoms with E-state index in [1.165, 1.54) is 0 Å². The molecule has 1 rings (SSSR count). The topological polar surface area (TPSA) is 74.5 Å². The van der Waals surface area contributed by atoms with Crippen molar-refractivity contribution in [3.05, 3.63) is 18.0 Å². The van der Waals surface area contributed by atoms with E-state index in [4.69, 9.17) is 4.99 Å². The van der Waals surface area contributed by atoms with E-state index in [-0.39, 0.29) is 29.4 Å². The summed E-state index contributed by atoms with van der Waals surface area (Å²) in [6.45, 7) is 14.7. The van der Waals surface area contributed by atoms with Gasteiger partial charge in [0.1, 0.15) is 5.60 Å². The molecule has 1 heterocycles. The normalized spacial score (nSPS) is 14.8. The van der Waals surface area contributed by atoms with Gasteiger partial charge in [0.25, 0.3) is 0 Å². The molecule has 0 aromatic carbocycles. The van der Waals surface area contributed by atoms with Crippen LogP contribution in [0.25, 0.3) is 0 Å². The van der Waals surface area contributed by atoms with Gasteiger partial charge in [0, 0.05) is 31.9 Å². The highest BCUT2D eigenvalue weighted by Crippen LogP contribution is 2.25. The second kappa shape index (κ2) is 10.4. The highest BCUT2D eigenvalue weighted by molar-refractivity contribution is 14.0. The lowest BCUT2D eigenvalue weighted by Gasteiger charge is -2.26. The van der Waals surface area contributed by atoms with Crippen LogP contribution >= 0.6 is 24.0 Å². The first-order valence-electron chi connectivity index (χ1n) is 8.79. The summed E-state index contributed by atoms with van der Waals surface area (Å²) in [6, 6.07) is 0. The molecule has 1 unspecified atom stereocenters. The van der Waals surface area contributed by atoms with E-state index in [1.807, 2.05) is 20.2 Å². The van der Waals surface area contributed by atoms with Crippen LogP contribution in [-0.2, 0) is 12.6 Å². The molecule has 0 saturated carbocycles. The number of hydrogen-bond donors (Lipinski definition) is 3. The van der Waals surface area contributed by atoms with E-state index in [0.717, 1.165) is 31.0 Å². The van der Waals surface area contributed by atoms with Gasteiger partial charge in [0.15, 0.2) is 5.96 Å². The van der Waals surface area contributed by atoms with E-state index in [0.29, 0.717) is 12.5 Å². The molecule has 0 aliphatic rings. The molecule has 0 aliphatic heterocycles. The molecule has 1 atom stereocenters. The minimum atomic E-state index is -1.00. The average Bonchev–Trinajstić information content (AvgIpc) is 2.88. The average molecular weight is 465 g/mol. The lowest BCUT2D eigenvalue weighted by Crippen LogP contribution is -2.44. The monoisotopic (exact) mass is 465 g/mol. The van der Waals surface area contributed by atoms with Gasteiger partial charge in [0.2, 0.25) is 0 Å². The third kappa shape index (κ3) is 8.89. The summed E-state index contributed by atoms with van der Waals surface area (Å²) in [5.74, 6) is 1.38. The van der Waals surface area contributed by atoms with Gasteiger partial charge in [-0.1, -0.05) is 27.7 Å². The predicted octanol–water partition coefficient (Wildman–Crippen LogP) is 2.87. The summed E-state index contributed by atoms with van der Waals surface area (Å²) in [6.07, 6.45) is 4.65. The summed E-state index contributed by atoms with van der Waals surface area (Å²) in [7, 11) is 1.84. The van der Waals surface area contributed by atoms with Crippen molar-refractivity contribution >= 4 is 29.9 Å². The Morgan fingerprint density at radius 1 is 1.32 bits per heavy atom. The molecule has 25 heavy (non-hydrogen) atoms. The second-order valence-electron chi connectivity index (χ2n) is 7.99. The molecule has 0 fully saturated rings. The third-order valence-corrected chi connectivity index (χ3v) is 3.90. The number of nitrogens with zero attached hydrogens (tertiary/aromatic N) is 3. The van der Waals surface area contributed by atoms with Gasteiger partial charge >= 0.3 is 0 Å². The van der Waals surface area contributed by atoms with Crippen LogP contribution in [0.1, 0.15) is 53.5 Å². The Hall–Kier alpha value is -0.830. The van der Waals surface area contributed by atoms with Crippen LogP contribution in [0, 0.1) is 11.3 Å². The number of aromatic nitrogens is 2. The summed E-state index contributed by atoms with van der Waals surface area (Å²) in [4.78, 5) is 4.70. The number of nitrogens with one attached hydrogen (secondary N) is 2. The molecule has 6 nitrogen and oxygen atoms in total. The Bertz CT molecular complexity index is 537. The molecule has 0 aliphatic carbocycles. The molecule has 0 saturated heterocycles. The van der Waals surface area contributed by atoms with Crippen LogP contribution < -0.4 is 10.6 Å². The van der Waals surface area contributed by atoms with Crippen LogP contribution in [0.15, 0.2) is 17.4 Å². The van der Waals surface area contributed by atoms with Gasteiger partial charge in [-0.2, -0.15) is 5.10 Å². The molecule has 0 bridgehead atoms. The summed E-state index contributed by atoms with van der Waals surface area (Å²) >= 11 is 0. The third-order valence-electron chi connectivity index (χ3n) is 3.90. The molecule has 1 aromatic rings. The predicted molar refractivity (Wildman–Crippen MR) is 115 cm³/mol. The summed E-state index contributed by atoms with van der Waals surface area (Å²) in [5.41, 5.74) is -0.0613. The number of aryl methyl sites for hydroxylation is 1. The van der Waals surface area contributed by atoms with E-state index in [1.54, 1.807) is 17.8 Å². The fourth-order valence-corrected chi connectivity index (χ4v) is 2.86. The number of aliphatic hydroxyl groups is 1. The maximum atomic E-state index is 10.7. The van der Waals surface area contributed by atoms with Crippen molar-refractivity contribution in [2.75, 3.05) is 19.6 Å². The van der Waals surface area contributed by atoms with Crippen LogP contribution in [0.4, 0.5) is 0 Å². The Balaban J connectivity index is 0.00000576. The zero-order valence-corrected chi connectivity index (χ0v) is 19.1. The van der Waals surface area contributed by atoms with Crippen molar-refractivity contribution in [2.24, 2.45) is 23.4 Å². The van der Waals surface area contributed by atoms with Crippen LogP contribution in [0.2, 0.25) is 0 Å². The van der Waals surface area contributed by atoms with Crippen molar-refractivity contribution in [1.82, 2.24) is 20.4 Å². The van der Waals surface area contributed by atoms with Crippen LogP contribution in [0.5, 0.6) is 0 Å². The Morgan fingerprint density at radius 2 is 1.96 bits per heavy atom. The van der Waals surface area contributed by atoms with Crippen molar-refractivity contribution in [1.29, 1.82) is 0 Å². The van der Waals surface area contributed by atoms with E-state index < -0.39 is 5.60 Å². The summed E-state index contributed by atoms with van der Waals surface area (Å²) < 4.78 is 1.69. The van der Waals surface area contributed by atoms with E-state index >= 15 is 0 Å².